The number of rotatable bonds is 4. The molecule has 0 unspecified atom stereocenters. The summed E-state index contributed by atoms with van der Waals surface area (Å²) in [6.07, 6.45) is 2.17. The van der Waals surface area contributed by atoms with Crippen LogP contribution in [0, 0.1) is 0 Å². The summed E-state index contributed by atoms with van der Waals surface area (Å²) in [6, 6.07) is 0. The summed E-state index contributed by atoms with van der Waals surface area (Å²) in [7, 11) is 0.872. The van der Waals surface area contributed by atoms with Crippen LogP contribution in [0.2, 0.25) is 0 Å². The Labute approximate surface area is 54.3 Å². The van der Waals surface area contributed by atoms with Gasteiger partial charge in [0, 0.05) is 6.08 Å². The molecule has 0 fully saturated rings. The summed E-state index contributed by atoms with van der Waals surface area (Å²) in [5, 5.41) is 0. The van der Waals surface area contributed by atoms with Crippen molar-refractivity contribution in [2.75, 3.05) is 0 Å². The molecule has 0 N–H and O–H groups in total. The molecule has 0 aromatic carbocycles. The zero-order valence-corrected chi connectivity index (χ0v) is 4.87. The van der Waals surface area contributed by atoms with Crippen molar-refractivity contribution < 1.29 is 14.1 Å². The largest absolute Gasteiger partial charge is 0.659 e. The predicted molar refractivity (Wildman–Crippen MR) is 33.3 cm³/mol. The Morgan fingerprint density at radius 2 is 2.22 bits per heavy atom. The molecule has 0 aliphatic heterocycles. The van der Waals surface area contributed by atoms with Crippen LogP contribution in [-0.4, -0.2) is 13.7 Å². The highest BCUT2D eigenvalue weighted by Crippen LogP contribution is 1.77. The molecule has 0 atom stereocenters. The van der Waals surface area contributed by atoms with Gasteiger partial charge in [0.25, 0.3) is 0 Å². The molecule has 0 aliphatic rings. The monoisotopic (exact) mass is 125 g/mol. The second-order valence-corrected chi connectivity index (χ2v) is 1.04. The van der Waals surface area contributed by atoms with Crippen molar-refractivity contribution in [1.29, 1.82) is 0 Å². The van der Waals surface area contributed by atoms with Crippen LogP contribution in [0.15, 0.2) is 25.5 Å². The Morgan fingerprint density at radius 1 is 1.56 bits per heavy atom. The highest BCUT2D eigenvalue weighted by molar-refractivity contribution is 6.23. The van der Waals surface area contributed by atoms with Gasteiger partial charge in [-0.15, -0.1) is 0 Å². The molecule has 0 heterocycles. The fourth-order valence-electron chi connectivity index (χ4n) is 0.163. The fourth-order valence-corrected chi connectivity index (χ4v) is 0.163. The molecule has 9 heavy (non-hydrogen) atoms. The maximum Gasteiger partial charge on any atom is 0.659 e. The van der Waals surface area contributed by atoms with Crippen molar-refractivity contribution in [3.63, 3.8) is 0 Å². The first kappa shape index (κ1) is 7.81. The van der Waals surface area contributed by atoms with Crippen molar-refractivity contribution in [2.24, 2.45) is 0 Å². The van der Waals surface area contributed by atoms with E-state index in [0.29, 0.717) is 0 Å². The zero-order chi connectivity index (χ0) is 7.11. The number of hydrogen-bond acceptors (Lipinski definition) is 3. The first-order chi connectivity index (χ1) is 4.31. The summed E-state index contributed by atoms with van der Waals surface area (Å²) < 4.78 is 8.61. The average molecular weight is 125 g/mol. The maximum absolute atomic E-state index is 10.2. The van der Waals surface area contributed by atoms with Crippen molar-refractivity contribution in [1.82, 2.24) is 0 Å². The smallest absolute Gasteiger partial charge is 0.533 e. The molecule has 0 saturated carbocycles. The Hall–Kier alpha value is -1.19. The second kappa shape index (κ2) is 4.96. The minimum atomic E-state index is -0.558. The quantitative estimate of drug-likeness (QED) is 0.236. The normalized spacial score (nSPS) is 7.11. The SMILES string of the molecule is C=CO[B]OC(=O)C=C. The minimum Gasteiger partial charge on any atom is -0.533 e. The Balaban J connectivity index is 3.16. The van der Waals surface area contributed by atoms with E-state index in [2.05, 4.69) is 22.5 Å². The molecule has 47 valence electrons. The van der Waals surface area contributed by atoms with E-state index in [1.54, 1.807) is 0 Å². The summed E-state index contributed by atoms with van der Waals surface area (Å²) in [5.41, 5.74) is 0. The molecule has 0 spiro atoms. The zero-order valence-electron chi connectivity index (χ0n) is 4.87. The highest BCUT2D eigenvalue weighted by Gasteiger charge is 1.97. The topological polar surface area (TPSA) is 35.5 Å². The molecule has 1 radical (unpaired) electrons. The van der Waals surface area contributed by atoms with E-state index in [-0.39, 0.29) is 0 Å². The van der Waals surface area contributed by atoms with Gasteiger partial charge in [-0.25, -0.2) is 4.79 Å². The molecule has 4 heteroatoms. The third-order valence-electron chi connectivity index (χ3n) is 0.483. The predicted octanol–water partition coefficient (Wildman–Crippen LogP) is 0.410. The summed E-state index contributed by atoms with van der Waals surface area (Å²) >= 11 is 0. The molecule has 0 aliphatic carbocycles. The van der Waals surface area contributed by atoms with E-state index in [0.717, 1.165) is 20.0 Å². The van der Waals surface area contributed by atoms with Gasteiger partial charge in [-0.1, -0.05) is 13.2 Å². The highest BCUT2D eigenvalue weighted by atomic mass is 16.6. The molecule has 0 aromatic rings. The molecular weight excluding hydrogens is 119 g/mol. The van der Waals surface area contributed by atoms with Gasteiger partial charge in [0.1, 0.15) is 0 Å². The van der Waals surface area contributed by atoms with Gasteiger partial charge in [-0.3, -0.25) is 0 Å². The summed E-state index contributed by atoms with van der Waals surface area (Å²) in [4.78, 5) is 10.2. The first-order valence-corrected chi connectivity index (χ1v) is 2.22. The molecule has 0 rings (SSSR count). The molecular formula is C5H6BO3. The van der Waals surface area contributed by atoms with E-state index in [1.165, 1.54) is 0 Å². The van der Waals surface area contributed by atoms with Crippen molar-refractivity contribution in [3.05, 3.63) is 25.5 Å². The Bertz CT molecular complexity index is 121. The van der Waals surface area contributed by atoms with Crippen LogP contribution in [0.25, 0.3) is 0 Å². The van der Waals surface area contributed by atoms with Gasteiger partial charge in [0.05, 0.1) is 6.26 Å². The number of carbonyl (C=O) groups excluding carboxylic acids is 1. The summed E-state index contributed by atoms with van der Waals surface area (Å²) in [5.74, 6) is -0.558. The molecule has 0 bridgehead atoms. The van der Waals surface area contributed by atoms with Crippen LogP contribution >= 0.6 is 0 Å². The minimum absolute atomic E-state index is 0.558. The maximum atomic E-state index is 10.2. The lowest BCUT2D eigenvalue weighted by molar-refractivity contribution is -0.129. The van der Waals surface area contributed by atoms with Crippen LogP contribution < -0.4 is 0 Å². The molecule has 0 amide bonds. The van der Waals surface area contributed by atoms with Gasteiger partial charge in [-0.2, -0.15) is 0 Å². The van der Waals surface area contributed by atoms with Crippen molar-refractivity contribution in [3.8, 4) is 0 Å². The first-order valence-electron chi connectivity index (χ1n) is 2.22. The standard InChI is InChI=1S/C5H6BO3/c1-3-5(7)9-6-8-4-2/h3-4H,1-2H2. The van der Waals surface area contributed by atoms with Crippen LogP contribution in [0.5, 0.6) is 0 Å². The van der Waals surface area contributed by atoms with Gasteiger partial charge < -0.3 is 9.31 Å². The second-order valence-electron chi connectivity index (χ2n) is 1.04. The lowest BCUT2D eigenvalue weighted by Gasteiger charge is -1.94. The Morgan fingerprint density at radius 3 is 2.67 bits per heavy atom. The van der Waals surface area contributed by atoms with Crippen molar-refractivity contribution in [2.45, 2.75) is 0 Å². The van der Waals surface area contributed by atoms with E-state index in [9.17, 15) is 4.79 Å². The van der Waals surface area contributed by atoms with Gasteiger partial charge in [0.15, 0.2) is 0 Å². The molecule has 0 aromatic heterocycles. The van der Waals surface area contributed by atoms with Crippen LogP contribution in [0.3, 0.4) is 0 Å². The lowest BCUT2D eigenvalue weighted by Crippen LogP contribution is -2.06. The third-order valence-corrected chi connectivity index (χ3v) is 0.483. The number of hydrogen-bond donors (Lipinski definition) is 0. The third kappa shape index (κ3) is 4.67. The Kier molecular flexibility index (Phi) is 4.31. The van der Waals surface area contributed by atoms with E-state index in [1.807, 2.05) is 0 Å². The fraction of sp³-hybridized carbons (Fsp3) is 0. The van der Waals surface area contributed by atoms with E-state index >= 15 is 0 Å². The lowest BCUT2D eigenvalue weighted by atomic mass is 10.4. The molecule has 0 saturated heterocycles. The average Bonchev–Trinajstić information content (AvgIpc) is 1.89. The van der Waals surface area contributed by atoms with Crippen LogP contribution in [-0.2, 0) is 14.1 Å². The van der Waals surface area contributed by atoms with Crippen LogP contribution in [0.4, 0.5) is 0 Å². The van der Waals surface area contributed by atoms with Gasteiger partial charge in [-0.05, 0) is 0 Å². The number of carbonyl (C=O) groups is 1. The van der Waals surface area contributed by atoms with Crippen LogP contribution in [0.1, 0.15) is 0 Å². The van der Waals surface area contributed by atoms with E-state index < -0.39 is 5.97 Å². The van der Waals surface area contributed by atoms with Gasteiger partial charge >= 0.3 is 13.7 Å². The van der Waals surface area contributed by atoms with Crippen molar-refractivity contribution >= 4 is 13.7 Å². The molecule has 3 nitrogen and oxygen atoms in total. The van der Waals surface area contributed by atoms with Gasteiger partial charge in [0.2, 0.25) is 0 Å². The van der Waals surface area contributed by atoms with E-state index in [4.69, 9.17) is 0 Å². The summed E-state index contributed by atoms with van der Waals surface area (Å²) in [6.45, 7) is 6.38.